The molecule has 0 fully saturated rings. The predicted octanol–water partition coefficient (Wildman–Crippen LogP) is 3.32. The van der Waals surface area contributed by atoms with Gasteiger partial charge in [-0.3, -0.25) is 4.99 Å². The number of methoxy groups -OCH3 is 1. The molecule has 138 valence electrons. The summed E-state index contributed by atoms with van der Waals surface area (Å²) in [5.74, 6) is 0.811. The van der Waals surface area contributed by atoms with Crippen LogP contribution in [0.3, 0.4) is 0 Å². The second kappa shape index (κ2) is 15.7. The van der Waals surface area contributed by atoms with E-state index in [1.807, 2.05) is 12.1 Å². The highest BCUT2D eigenvalue weighted by Gasteiger charge is 2.03. The number of nitrogens with one attached hydrogen (secondary N) is 2. The lowest BCUT2D eigenvalue weighted by Gasteiger charge is -2.14. The SMILES string of the molecule is CCCCOCCCNC(=NC)NCc1ccccc1COC.I. The minimum atomic E-state index is 0. The molecular weight excluding hydrogens is 417 g/mol. The van der Waals surface area contributed by atoms with Gasteiger partial charge in [-0.15, -0.1) is 24.0 Å². The molecule has 2 N–H and O–H groups in total. The maximum atomic E-state index is 5.55. The highest BCUT2D eigenvalue weighted by atomic mass is 127. The minimum absolute atomic E-state index is 0. The first-order chi connectivity index (χ1) is 11.3. The molecule has 0 unspecified atom stereocenters. The van der Waals surface area contributed by atoms with Gasteiger partial charge >= 0.3 is 0 Å². The summed E-state index contributed by atoms with van der Waals surface area (Å²) < 4.78 is 10.8. The summed E-state index contributed by atoms with van der Waals surface area (Å²) in [6.45, 7) is 6.03. The zero-order valence-corrected chi connectivity index (χ0v) is 17.5. The molecule has 0 amide bonds. The molecule has 1 aromatic carbocycles. The summed E-state index contributed by atoms with van der Waals surface area (Å²) in [7, 11) is 3.50. The topological polar surface area (TPSA) is 54.9 Å². The smallest absolute Gasteiger partial charge is 0.191 e. The molecule has 6 heteroatoms. The van der Waals surface area contributed by atoms with Crippen molar-refractivity contribution in [1.29, 1.82) is 0 Å². The monoisotopic (exact) mass is 449 g/mol. The third kappa shape index (κ3) is 10.1. The molecule has 0 spiro atoms. The second-order valence-corrected chi connectivity index (χ2v) is 5.37. The van der Waals surface area contributed by atoms with Crippen LogP contribution in [-0.2, 0) is 22.6 Å². The highest BCUT2D eigenvalue weighted by molar-refractivity contribution is 14.0. The van der Waals surface area contributed by atoms with E-state index in [0.29, 0.717) is 6.61 Å². The number of nitrogens with zero attached hydrogens (tertiary/aromatic N) is 1. The van der Waals surface area contributed by atoms with Crippen molar-refractivity contribution in [2.75, 3.05) is 33.9 Å². The van der Waals surface area contributed by atoms with Gasteiger partial charge in [-0.25, -0.2) is 0 Å². The Morgan fingerprint density at radius 2 is 1.79 bits per heavy atom. The van der Waals surface area contributed by atoms with Crippen molar-refractivity contribution in [3.63, 3.8) is 0 Å². The number of aliphatic imine (C=N–C) groups is 1. The Bertz CT molecular complexity index is 456. The molecule has 0 aliphatic rings. The largest absolute Gasteiger partial charge is 0.381 e. The van der Waals surface area contributed by atoms with Crippen molar-refractivity contribution >= 4 is 29.9 Å². The van der Waals surface area contributed by atoms with Crippen molar-refractivity contribution in [2.45, 2.75) is 39.3 Å². The lowest BCUT2D eigenvalue weighted by atomic mass is 10.1. The number of hydrogen-bond donors (Lipinski definition) is 2. The summed E-state index contributed by atoms with van der Waals surface area (Å²) in [4.78, 5) is 4.25. The zero-order chi connectivity index (χ0) is 16.8. The normalized spacial score (nSPS) is 11.0. The van der Waals surface area contributed by atoms with Crippen molar-refractivity contribution in [3.8, 4) is 0 Å². The number of rotatable bonds is 11. The van der Waals surface area contributed by atoms with E-state index in [1.54, 1.807) is 14.2 Å². The first kappa shape index (κ1) is 23.1. The average molecular weight is 449 g/mol. The van der Waals surface area contributed by atoms with Gasteiger partial charge in [0.15, 0.2) is 5.96 Å². The van der Waals surface area contributed by atoms with Crippen LogP contribution in [0.2, 0.25) is 0 Å². The van der Waals surface area contributed by atoms with Gasteiger partial charge in [0.2, 0.25) is 0 Å². The van der Waals surface area contributed by atoms with Gasteiger partial charge in [-0.1, -0.05) is 37.6 Å². The van der Waals surface area contributed by atoms with Crippen LogP contribution >= 0.6 is 24.0 Å². The van der Waals surface area contributed by atoms with E-state index in [0.717, 1.165) is 45.1 Å². The van der Waals surface area contributed by atoms with Crippen molar-refractivity contribution in [2.24, 2.45) is 4.99 Å². The Labute approximate surface area is 163 Å². The van der Waals surface area contributed by atoms with Crippen LogP contribution in [0.4, 0.5) is 0 Å². The van der Waals surface area contributed by atoms with E-state index in [2.05, 4.69) is 34.7 Å². The molecule has 0 radical (unpaired) electrons. The second-order valence-electron chi connectivity index (χ2n) is 5.37. The minimum Gasteiger partial charge on any atom is -0.381 e. The number of ether oxygens (including phenoxy) is 2. The van der Waals surface area contributed by atoms with Gasteiger partial charge in [-0.05, 0) is 24.0 Å². The van der Waals surface area contributed by atoms with Crippen LogP contribution in [0.1, 0.15) is 37.3 Å². The molecule has 24 heavy (non-hydrogen) atoms. The number of benzene rings is 1. The molecule has 0 atom stereocenters. The fourth-order valence-electron chi connectivity index (χ4n) is 2.16. The first-order valence-corrected chi connectivity index (χ1v) is 8.39. The quantitative estimate of drug-likeness (QED) is 0.236. The van der Waals surface area contributed by atoms with Gasteiger partial charge in [0.25, 0.3) is 0 Å². The van der Waals surface area contributed by atoms with E-state index in [9.17, 15) is 0 Å². The third-order valence-electron chi connectivity index (χ3n) is 3.49. The van der Waals surface area contributed by atoms with Crippen LogP contribution in [0.15, 0.2) is 29.3 Å². The van der Waals surface area contributed by atoms with E-state index >= 15 is 0 Å². The molecular formula is C18H32IN3O2. The average Bonchev–Trinajstić information content (AvgIpc) is 2.58. The Morgan fingerprint density at radius 1 is 1.08 bits per heavy atom. The zero-order valence-electron chi connectivity index (χ0n) is 15.1. The number of hydrogen-bond acceptors (Lipinski definition) is 3. The highest BCUT2D eigenvalue weighted by Crippen LogP contribution is 2.09. The fraction of sp³-hybridized carbons (Fsp3) is 0.611. The Hall–Kier alpha value is -0.860. The van der Waals surface area contributed by atoms with E-state index in [1.165, 1.54) is 17.5 Å². The van der Waals surface area contributed by atoms with Gasteiger partial charge in [0, 0.05) is 40.5 Å². The summed E-state index contributed by atoms with van der Waals surface area (Å²) in [6, 6.07) is 8.27. The molecule has 0 aromatic heterocycles. The molecule has 0 heterocycles. The van der Waals surface area contributed by atoms with E-state index in [-0.39, 0.29) is 24.0 Å². The van der Waals surface area contributed by atoms with Crippen LogP contribution in [0.5, 0.6) is 0 Å². The number of halogens is 1. The molecule has 0 saturated carbocycles. The number of guanidine groups is 1. The molecule has 0 bridgehead atoms. The van der Waals surface area contributed by atoms with Crippen LogP contribution < -0.4 is 10.6 Å². The standard InChI is InChI=1S/C18H31N3O2.HI/c1-4-5-12-23-13-8-11-20-18(19-2)21-14-16-9-6-7-10-17(16)15-22-3;/h6-7,9-10H,4-5,8,11-15H2,1-3H3,(H2,19,20,21);1H. The van der Waals surface area contributed by atoms with Gasteiger partial charge < -0.3 is 20.1 Å². The molecule has 0 aliphatic heterocycles. The Balaban J connectivity index is 0.00000529. The predicted molar refractivity (Wildman–Crippen MR) is 111 cm³/mol. The molecule has 0 saturated heterocycles. The Morgan fingerprint density at radius 3 is 2.46 bits per heavy atom. The van der Waals surface area contributed by atoms with Crippen LogP contribution in [-0.4, -0.2) is 39.9 Å². The lowest BCUT2D eigenvalue weighted by molar-refractivity contribution is 0.129. The van der Waals surface area contributed by atoms with Crippen molar-refractivity contribution in [3.05, 3.63) is 35.4 Å². The molecule has 1 rings (SSSR count). The Kier molecular flexibility index (Phi) is 15.1. The summed E-state index contributed by atoms with van der Waals surface area (Å²) in [5, 5.41) is 6.65. The van der Waals surface area contributed by atoms with Gasteiger partial charge in [0.1, 0.15) is 0 Å². The summed E-state index contributed by atoms with van der Waals surface area (Å²) in [6.07, 6.45) is 3.29. The molecule has 5 nitrogen and oxygen atoms in total. The maximum absolute atomic E-state index is 5.55. The fourth-order valence-corrected chi connectivity index (χ4v) is 2.16. The summed E-state index contributed by atoms with van der Waals surface area (Å²) in [5.41, 5.74) is 2.42. The molecule has 0 aliphatic carbocycles. The van der Waals surface area contributed by atoms with Crippen molar-refractivity contribution < 1.29 is 9.47 Å². The summed E-state index contributed by atoms with van der Waals surface area (Å²) >= 11 is 0. The lowest BCUT2D eigenvalue weighted by Crippen LogP contribution is -2.37. The number of unbranched alkanes of at least 4 members (excludes halogenated alkanes) is 1. The van der Waals surface area contributed by atoms with Gasteiger partial charge in [-0.2, -0.15) is 0 Å². The van der Waals surface area contributed by atoms with E-state index in [4.69, 9.17) is 9.47 Å². The maximum Gasteiger partial charge on any atom is 0.191 e. The molecule has 1 aromatic rings. The first-order valence-electron chi connectivity index (χ1n) is 8.39. The van der Waals surface area contributed by atoms with Gasteiger partial charge in [0.05, 0.1) is 6.61 Å². The van der Waals surface area contributed by atoms with E-state index < -0.39 is 0 Å². The van der Waals surface area contributed by atoms with Crippen LogP contribution in [0, 0.1) is 0 Å². The van der Waals surface area contributed by atoms with Crippen molar-refractivity contribution in [1.82, 2.24) is 10.6 Å². The van der Waals surface area contributed by atoms with Crippen LogP contribution in [0.25, 0.3) is 0 Å². The third-order valence-corrected chi connectivity index (χ3v) is 3.49.